The van der Waals surface area contributed by atoms with Crippen molar-refractivity contribution in [2.75, 3.05) is 7.11 Å². The van der Waals surface area contributed by atoms with Gasteiger partial charge in [0.1, 0.15) is 0 Å². The molecule has 0 saturated heterocycles. The Labute approximate surface area is 95.6 Å². The fourth-order valence-corrected chi connectivity index (χ4v) is 1.49. The average molecular weight is 214 g/mol. The zero-order chi connectivity index (χ0) is 12.1. The third kappa shape index (κ3) is 2.11. The summed E-state index contributed by atoms with van der Waals surface area (Å²) in [7, 11) is 1.33. The Morgan fingerprint density at radius 1 is 1.31 bits per heavy atom. The predicted octanol–water partition coefficient (Wildman–Crippen LogP) is 3.16. The van der Waals surface area contributed by atoms with Gasteiger partial charge < -0.3 is 4.74 Å². The lowest BCUT2D eigenvalue weighted by Crippen LogP contribution is -2.04. The second-order valence-corrected chi connectivity index (χ2v) is 3.19. The molecule has 0 radical (unpaired) electrons. The molecule has 0 unspecified atom stereocenters. The van der Waals surface area contributed by atoms with E-state index in [4.69, 9.17) is 0 Å². The fraction of sp³-hybridized carbons (Fsp3) is 0.0714. The summed E-state index contributed by atoms with van der Waals surface area (Å²) in [4.78, 5) is 11.4. The maximum atomic E-state index is 11.4. The summed E-state index contributed by atoms with van der Waals surface area (Å²) in [6.07, 6.45) is 3.39. The predicted molar refractivity (Wildman–Crippen MR) is 67.7 cm³/mol. The Morgan fingerprint density at radius 3 is 2.50 bits per heavy atom. The van der Waals surface area contributed by atoms with Crippen LogP contribution in [0.2, 0.25) is 0 Å². The van der Waals surface area contributed by atoms with Gasteiger partial charge in [0.25, 0.3) is 0 Å². The van der Waals surface area contributed by atoms with Crippen LogP contribution in [0.15, 0.2) is 37.9 Å². The second kappa shape index (κ2) is 5.12. The number of carbonyl (C=O) groups is 1. The van der Waals surface area contributed by atoms with Crippen molar-refractivity contribution >= 4 is 23.7 Å². The van der Waals surface area contributed by atoms with Crippen molar-refractivity contribution in [3.05, 3.63) is 54.6 Å². The lowest BCUT2D eigenvalue weighted by molar-refractivity contribution is -0.133. The molecule has 2 heteroatoms. The van der Waals surface area contributed by atoms with Crippen LogP contribution in [-0.4, -0.2) is 13.1 Å². The third-order valence-electron chi connectivity index (χ3n) is 2.32. The van der Waals surface area contributed by atoms with Gasteiger partial charge >= 0.3 is 5.97 Å². The highest BCUT2D eigenvalue weighted by Crippen LogP contribution is 2.24. The lowest BCUT2D eigenvalue weighted by Gasteiger charge is -2.10. The number of methoxy groups -OCH3 is 1. The third-order valence-corrected chi connectivity index (χ3v) is 2.32. The van der Waals surface area contributed by atoms with E-state index in [-0.39, 0.29) is 0 Å². The van der Waals surface area contributed by atoms with Gasteiger partial charge in [-0.2, -0.15) is 0 Å². The first-order chi connectivity index (χ1) is 7.65. The van der Waals surface area contributed by atoms with Crippen molar-refractivity contribution in [1.29, 1.82) is 0 Å². The number of hydrogen-bond donors (Lipinski definition) is 0. The molecule has 0 atom stereocenters. The van der Waals surface area contributed by atoms with Crippen molar-refractivity contribution in [2.45, 2.75) is 0 Å². The highest BCUT2D eigenvalue weighted by molar-refractivity contribution is 6.16. The average Bonchev–Trinajstić information content (AvgIpc) is 2.35. The van der Waals surface area contributed by atoms with Gasteiger partial charge in [-0.25, -0.2) is 4.79 Å². The Bertz CT molecular complexity index is 456. The number of ether oxygens (including phenoxy) is 1. The van der Waals surface area contributed by atoms with Crippen LogP contribution in [0, 0.1) is 0 Å². The first-order valence-electron chi connectivity index (χ1n) is 4.81. The molecule has 82 valence electrons. The zero-order valence-electron chi connectivity index (χ0n) is 9.32. The molecule has 16 heavy (non-hydrogen) atoms. The van der Waals surface area contributed by atoms with Crippen LogP contribution in [0.25, 0.3) is 17.7 Å². The van der Waals surface area contributed by atoms with Gasteiger partial charge in [0, 0.05) is 0 Å². The molecule has 0 aliphatic carbocycles. The van der Waals surface area contributed by atoms with Crippen molar-refractivity contribution in [3.63, 3.8) is 0 Å². The fourth-order valence-electron chi connectivity index (χ4n) is 1.49. The SMILES string of the molecule is C=Cc1cccc(C(=C)C(=O)OC)c1C=C. The molecule has 1 aromatic carbocycles. The smallest absolute Gasteiger partial charge is 0.337 e. The van der Waals surface area contributed by atoms with E-state index in [1.54, 1.807) is 12.2 Å². The van der Waals surface area contributed by atoms with E-state index in [1.807, 2.05) is 18.2 Å². The molecule has 1 rings (SSSR count). The van der Waals surface area contributed by atoms with Gasteiger partial charge in [0.15, 0.2) is 0 Å². The maximum Gasteiger partial charge on any atom is 0.337 e. The van der Waals surface area contributed by atoms with Crippen molar-refractivity contribution in [2.24, 2.45) is 0 Å². The van der Waals surface area contributed by atoms with Crippen LogP contribution in [0.3, 0.4) is 0 Å². The number of esters is 1. The van der Waals surface area contributed by atoms with Crippen LogP contribution in [0.1, 0.15) is 16.7 Å². The molecule has 0 fully saturated rings. The first-order valence-corrected chi connectivity index (χ1v) is 4.81. The number of carbonyl (C=O) groups excluding carboxylic acids is 1. The molecule has 0 bridgehead atoms. The normalized spacial score (nSPS) is 9.31. The van der Waals surface area contributed by atoms with Gasteiger partial charge in [0.2, 0.25) is 0 Å². The summed E-state index contributed by atoms with van der Waals surface area (Å²) in [6, 6.07) is 5.55. The molecule has 2 nitrogen and oxygen atoms in total. The summed E-state index contributed by atoms with van der Waals surface area (Å²) in [6.45, 7) is 11.2. The van der Waals surface area contributed by atoms with E-state index in [1.165, 1.54) is 7.11 Å². The van der Waals surface area contributed by atoms with Crippen LogP contribution >= 0.6 is 0 Å². The van der Waals surface area contributed by atoms with Gasteiger partial charge in [-0.05, 0) is 16.7 Å². The Hall–Kier alpha value is -2.09. The monoisotopic (exact) mass is 214 g/mol. The summed E-state index contributed by atoms with van der Waals surface area (Å²) >= 11 is 0. The second-order valence-electron chi connectivity index (χ2n) is 3.19. The lowest BCUT2D eigenvalue weighted by atomic mass is 9.96. The summed E-state index contributed by atoms with van der Waals surface area (Å²) in [5.74, 6) is -0.440. The van der Waals surface area contributed by atoms with Crippen LogP contribution in [0.4, 0.5) is 0 Å². The van der Waals surface area contributed by atoms with Gasteiger partial charge in [0.05, 0.1) is 12.7 Å². The number of hydrogen-bond acceptors (Lipinski definition) is 2. The van der Waals surface area contributed by atoms with Crippen LogP contribution in [0.5, 0.6) is 0 Å². The van der Waals surface area contributed by atoms with E-state index in [0.717, 1.165) is 16.7 Å². The Morgan fingerprint density at radius 2 is 2.00 bits per heavy atom. The van der Waals surface area contributed by atoms with E-state index >= 15 is 0 Å². The topological polar surface area (TPSA) is 26.3 Å². The highest BCUT2D eigenvalue weighted by Gasteiger charge is 2.13. The van der Waals surface area contributed by atoms with E-state index in [2.05, 4.69) is 24.5 Å². The summed E-state index contributed by atoms with van der Waals surface area (Å²) in [5.41, 5.74) is 2.80. The van der Waals surface area contributed by atoms with Gasteiger partial charge in [-0.1, -0.05) is 50.1 Å². The standard InChI is InChI=1S/C14H14O2/c1-5-11-8-7-9-13(12(11)6-2)10(3)14(15)16-4/h5-9H,1-3H2,4H3. The van der Waals surface area contributed by atoms with Gasteiger partial charge in [-0.3, -0.25) is 0 Å². The quantitative estimate of drug-likeness (QED) is 0.568. The number of benzene rings is 1. The van der Waals surface area contributed by atoms with Gasteiger partial charge in [-0.15, -0.1) is 0 Å². The van der Waals surface area contributed by atoms with Crippen molar-refractivity contribution in [1.82, 2.24) is 0 Å². The first kappa shape index (κ1) is 12.0. The molecule has 1 aromatic rings. The molecule has 0 amide bonds. The van der Waals surface area contributed by atoms with Crippen LogP contribution in [-0.2, 0) is 9.53 Å². The van der Waals surface area contributed by atoms with Crippen molar-refractivity contribution < 1.29 is 9.53 Å². The minimum absolute atomic E-state index is 0.320. The largest absolute Gasteiger partial charge is 0.465 e. The summed E-state index contributed by atoms with van der Waals surface area (Å²) in [5, 5.41) is 0. The number of rotatable bonds is 4. The molecule has 0 heterocycles. The van der Waals surface area contributed by atoms with Crippen LogP contribution < -0.4 is 0 Å². The van der Waals surface area contributed by atoms with E-state index in [9.17, 15) is 4.79 Å². The van der Waals surface area contributed by atoms with E-state index < -0.39 is 5.97 Å². The molecule has 0 spiro atoms. The Kier molecular flexibility index (Phi) is 3.84. The zero-order valence-corrected chi connectivity index (χ0v) is 9.32. The summed E-state index contributed by atoms with van der Waals surface area (Å²) < 4.78 is 4.64. The molecule has 0 N–H and O–H groups in total. The maximum absolute atomic E-state index is 11.4. The molecule has 0 aromatic heterocycles. The van der Waals surface area contributed by atoms with Crippen molar-refractivity contribution in [3.8, 4) is 0 Å². The molecule has 0 aliphatic rings. The minimum atomic E-state index is -0.440. The highest BCUT2D eigenvalue weighted by atomic mass is 16.5. The molecular formula is C14H14O2. The molecular weight excluding hydrogens is 200 g/mol. The Balaban J connectivity index is 3.33. The molecule has 0 saturated carbocycles. The minimum Gasteiger partial charge on any atom is -0.465 e. The molecule has 0 aliphatic heterocycles. The van der Waals surface area contributed by atoms with E-state index in [0.29, 0.717) is 5.57 Å².